The minimum atomic E-state index is -0.271. The van der Waals surface area contributed by atoms with Crippen molar-refractivity contribution in [2.45, 2.75) is 18.7 Å². The Hall–Kier alpha value is -1.10. The van der Waals surface area contributed by atoms with E-state index in [1.807, 2.05) is 0 Å². The molecular formula is C11H15BrN2O2. The zero-order valence-corrected chi connectivity index (χ0v) is 10.9. The van der Waals surface area contributed by atoms with Gasteiger partial charge in [0.15, 0.2) is 0 Å². The molecule has 1 atom stereocenters. The van der Waals surface area contributed by atoms with Crippen LogP contribution in [-0.4, -0.2) is 22.3 Å². The average Bonchev–Trinajstić information content (AvgIpc) is 2.25. The highest BCUT2D eigenvalue weighted by atomic mass is 79.9. The van der Waals surface area contributed by atoms with Crippen molar-refractivity contribution in [2.75, 3.05) is 6.54 Å². The lowest BCUT2D eigenvalue weighted by Gasteiger charge is -2.14. The van der Waals surface area contributed by atoms with Crippen molar-refractivity contribution in [3.05, 3.63) is 34.2 Å². The van der Waals surface area contributed by atoms with E-state index in [0.717, 1.165) is 0 Å². The molecule has 0 aromatic carbocycles. The first kappa shape index (κ1) is 13.0. The number of aromatic amines is 1. The molecule has 0 aliphatic carbocycles. The zero-order valence-electron chi connectivity index (χ0n) is 9.29. The minimum absolute atomic E-state index is 0.226. The predicted molar refractivity (Wildman–Crippen MR) is 66.9 cm³/mol. The molecule has 1 rings (SSSR count). The molecule has 5 heteroatoms. The molecule has 88 valence electrons. The molecule has 4 nitrogen and oxygen atoms in total. The van der Waals surface area contributed by atoms with E-state index in [-0.39, 0.29) is 16.3 Å². The number of nitrogens with one attached hydrogen (secondary N) is 2. The number of hydrogen-bond acceptors (Lipinski definition) is 2. The summed E-state index contributed by atoms with van der Waals surface area (Å²) in [5.74, 6) is 0.218. The normalized spacial score (nSPS) is 12.5. The van der Waals surface area contributed by atoms with Crippen LogP contribution in [0.2, 0.25) is 0 Å². The van der Waals surface area contributed by atoms with Gasteiger partial charge < -0.3 is 10.3 Å². The van der Waals surface area contributed by atoms with Gasteiger partial charge in [0.25, 0.3) is 5.91 Å². The number of aromatic nitrogens is 1. The van der Waals surface area contributed by atoms with Crippen LogP contribution in [0.25, 0.3) is 0 Å². The summed E-state index contributed by atoms with van der Waals surface area (Å²) >= 11 is 3.48. The first-order valence-electron chi connectivity index (χ1n) is 5.11. The fraction of sp³-hybridized carbons (Fsp3) is 0.455. The molecule has 16 heavy (non-hydrogen) atoms. The number of pyridine rings is 1. The van der Waals surface area contributed by atoms with Crippen molar-refractivity contribution < 1.29 is 4.79 Å². The van der Waals surface area contributed by atoms with Crippen LogP contribution in [0, 0.1) is 5.92 Å². The Balaban J connectivity index is 2.57. The van der Waals surface area contributed by atoms with Gasteiger partial charge in [-0.05, 0) is 12.0 Å². The fourth-order valence-electron chi connectivity index (χ4n) is 1.11. The van der Waals surface area contributed by atoms with Gasteiger partial charge in [0.2, 0.25) is 5.56 Å². The van der Waals surface area contributed by atoms with Crippen molar-refractivity contribution in [1.29, 1.82) is 0 Å². The second kappa shape index (κ2) is 5.84. The number of alkyl halides is 1. The Morgan fingerprint density at radius 1 is 1.56 bits per heavy atom. The summed E-state index contributed by atoms with van der Waals surface area (Å²) in [5.41, 5.74) is 0.110. The molecule has 1 unspecified atom stereocenters. The summed E-state index contributed by atoms with van der Waals surface area (Å²) < 4.78 is 0. The largest absolute Gasteiger partial charge is 0.351 e. The van der Waals surface area contributed by atoms with E-state index >= 15 is 0 Å². The van der Waals surface area contributed by atoms with Crippen LogP contribution in [0.4, 0.5) is 0 Å². The predicted octanol–water partition coefficient (Wildman–Crippen LogP) is 1.52. The molecule has 0 radical (unpaired) electrons. The maximum atomic E-state index is 11.6. The lowest BCUT2D eigenvalue weighted by molar-refractivity contribution is 0.0952. The highest BCUT2D eigenvalue weighted by molar-refractivity contribution is 9.09. The van der Waals surface area contributed by atoms with Crippen LogP contribution >= 0.6 is 15.9 Å². The zero-order chi connectivity index (χ0) is 12.1. The monoisotopic (exact) mass is 286 g/mol. The number of rotatable bonds is 4. The topological polar surface area (TPSA) is 62.0 Å². The van der Waals surface area contributed by atoms with Gasteiger partial charge in [-0.3, -0.25) is 9.59 Å². The SMILES string of the molecule is CC(C)C(Br)CNC(=O)c1cc[nH]c(=O)c1. The summed E-state index contributed by atoms with van der Waals surface area (Å²) in [6.07, 6.45) is 1.46. The Morgan fingerprint density at radius 2 is 2.25 bits per heavy atom. The Bertz CT molecular complexity index is 414. The van der Waals surface area contributed by atoms with Gasteiger partial charge in [-0.1, -0.05) is 29.8 Å². The number of carbonyl (C=O) groups excluding carboxylic acids is 1. The smallest absolute Gasteiger partial charge is 0.251 e. The molecule has 1 heterocycles. The molecule has 1 aromatic heterocycles. The van der Waals surface area contributed by atoms with Gasteiger partial charge in [0.1, 0.15) is 0 Å². The molecule has 1 aromatic rings. The van der Waals surface area contributed by atoms with E-state index in [1.165, 1.54) is 12.3 Å². The maximum Gasteiger partial charge on any atom is 0.251 e. The van der Waals surface area contributed by atoms with Crippen LogP contribution in [0.3, 0.4) is 0 Å². The standard InChI is InChI=1S/C11H15BrN2O2/c1-7(2)9(12)6-14-11(16)8-3-4-13-10(15)5-8/h3-5,7,9H,6H2,1-2H3,(H,13,15)(H,14,16). The van der Waals surface area contributed by atoms with E-state index in [9.17, 15) is 9.59 Å². The Kier molecular flexibility index (Phi) is 4.73. The second-order valence-electron chi connectivity index (χ2n) is 3.91. The molecule has 0 aliphatic rings. The van der Waals surface area contributed by atoms with E-state index in [0.29, 0.717) is 18.0 Å². The number of amides is 1. The molecule has 0 saturated heterocycles. The Morgan fingerprint density at radius 3 is 2.81 bits per heavy atom. The molecule has 1 amide bonds. The average molecular weight is 287 g/mol. The number of hydrogen-bond donors (Lipinski definition) is 2. The summed E-state index contributed by atoms with van der Waals surface area (Å²) in [6.45, 7) is 4.68. The molecule has 0 bridgehead atoms. The van der Waals surface area contributed by atoms with Crippen LogP contribution in [-0.2, 0) is 0 Å². The Labute approximate surface area is 103 Å². The minimum Gasteiger partial charge on any atom is -0.351 e. The van der Waals surface area contributed by atoms with E-state index in [2.05, 4.69) is 40.1 Å². The van der Waals surface area contributed by atoms with Gasteiger partial charge in [-0.25, -0.2) is 0 Å². The van der Waals surface area contributed by atoms with Gasteiger partial charge in [0, 0.05) is 29.2 Å². The first-order valence-corrected chi connectivity index (χ1v) is 6.03. The van der Waals surface area contributed by atoms with Crippen molar-refractivity contribution in [3.8, 4) is 0 Å². The van der Waals surface area contributed by atoms with Crippen LogP contribution in [0.15, 0.2) is 23.1 Å². The molecule has 0 aliphatic heterocycles. The van der Waals surface area contributed by atoms with Crippen molar-refractivity contribution in [2.24, 2.45) is 5.92 Å². The number of carbonyl (C=O) groups is 1. The van der Waals surface area contributed by atoms with Crippen LogP contribution < -0.4 is 10.9 Å². The second-order valence-corrected chi connectivity index (χ2v) is 5.09. The van der Waals surface area contributed by atoms with E-state index in [4.69, 9.17) is 0 Å². The summed E-state index contributed by atoms with van der Waals surface area (Å²) in [4.78, 5) is 25.3. The van der Waals surface area contributed by atoms with Crippen molar-refractivity contribution in [3.63, 3.8) is 0 Å². The fourth-order valence-corrected chi connectivity index (χ4v) is 1.28. The highest BCUT2D eigenvalue weighted by Crippen LogP contribution is 2.10. The van der Waals surface area contributed by atoms with Crippen molar-refractivity contribution >= 4 is 21.8 Å². The third kappa shape index (κ3) is 3.81. The number of halogens is 1. The lowest BCUT2D eigenvalue weighted by Crippen LogP contribution is -2.32. The number of H-pyrrole nitrogens is 1. The molecule has 0 spiro atoms. The molecule has 0 fully saturated rings. The summed E-state index contributed by atoms with van der Waals surface area (Å²) in [6, 6.07) is 2.86. The molecular weight excluding hydrogens is 272 g/mol. The highest BCUT2D eigenvalue weighted by Gasteiger charge is 2.11. The van der Waals surface area contributed by atoms with Crippen LogP contribution in [0.5, 0.6) is 0 Å². The van der Waals surface area contributed by atoms with Crippen LogP contribution in [0.1, 0.15) is 24.2 Å². The molecule has 2 N–H and O–H groups in total. The quantitative estimate of drug-likeness (QED) is 0.825. The lowest BCUT2D eigenvalue weighted by atomic mass is 10.1. The summed E-state index contributed by atoms with van der Waals surface area (Å²) in [7, 11) is 0. The summed E-state index contributed by atoms with van der Waals surface area (Å²) in [5, 5.41) is 2.77. The third-order valence-corrected chi connectivity index (χ3v) is 3.60. The van der Waals surface area contributed by atoms with Gasteiger partial charge in [-0.15, -0.1) is 0 Å². The van der Waals surface area contributed by atoms with Crippen molar-refractivity contribution in [1.82, 2.24) is 10.3 Å². The maximum absolute atomic E-state index is 11.6. The van der Waals surface area contributed by atoms with Gasteiger partial charge >= 0.3 is 0 Å². The van der Waals surface area contributed by atoms with Gasteiger partial charge in [-0.2, -0.15) is 0 Å². The van der Waals surface area contributed by atoms with Gasteiger partial charge in [0.05, 0.1) is 0 Å². The van der Waals surface area contributed by atoms with E-state index in [1.54, 1.807) is 6.07 Å². The van der Waals surface area contributed by atoms with E-state index < -0.39 is 0 Å². The molecule has 0 saturated carbocycles. The first-order chi connectivity index (χ1) is 7.50. The third-order valence-electron chi connectivity index (χ3n) is 2.22.